The first-order chi connectivity index (χ1) is 8.45. The van der Waals surface area contributed by atoms with E-state index in [-0.39, 0.29) is 4.90 Å². The molecule has 1 aromatic rings. The van der Waals surface area contributed by atoms with E-state index in [0.717, 1.165) is 5.56 Å². The topological polar surface area (TPSA) is 58.5 Å². The van der Waals surface area contributed by atoms with E-state index in [1.54, 1.807) is 19.1 Å². The Morgan fingerprint density at radius 1 is 1.33 bits per heavy atom. The fourth-order valence-electron chi connectivity index (χ4n) is 1.05. The number of hydrogen-bond donors (Lipinski definition) is 1. The predicted molar refractivity (Wildman–Crippen MR) is 71.2 cm³/mol. The van der Waals surface area contributed by atoms with Gasteiger partial charge in [-0.25, -0.2) is 0 Å². The third kappa shape index (κ3) is 3.97. The lowest BCUT2D eigenvalue weighted by molar-refractivity contribution is 0.584. The van der Waals surface area contributed by atoms with E-state index >= 15 is 0 Å². The van der Waals surface area contributed by atoms with Crippen molar-refractivity contribution in [3.05, 3.63) is 29.8 Å². The number of rotatable bonds is 3. The van der Waals surface area contributed by atoms with Gasteiger partial charge in [0.15, 0.2) is 0 Å². The summed E-state index contributed by atoms with van der Waals surface area (Å²) in [7, 11) is -3.65. The van der Waals surface area contributed by atoms with Crippen molar-refractivity contribution in [2.75, 3.05) is 0 Å². The highest BCUT2D eigenvalue weighted by molar-refractivity contribution is 7.89. The van der Waals surface area contributed by atoms with Crippen LogP contribution in [0.2, 0.25) is 0 Å². The van der Waals surface area contributed by atoms with Gasteiger partial charge in [-0.1, -0.05) is 17.7 Å². The van der Waals surface area contributed by atoms with Gasteiger partial charge in [-0.3, -0.25) is 0 Å². The molecule has 0 radical (unpaired) electrons. The van der Waals surface area contributed by atoms with Crippen LogP contribution in [0.1, 0.15) is 12.5 Å². The molecule has 1 rings (SSSR count). The number of hydrogen-bond acceptors (Lipinski definition) is 3. The number of sulfonamides is 1. The fraction of sp³-hybridized carbons (Fsp3) is 0.154. The lowest BCUT2D eigenvalue weighted by Crippen LogP contribution is -2.19. The minimum Gasteiger partial charge on any atom is -0.200 e. The summed E-state index contributed by atoms with van der Waals surface area (Å²) in [5, 5.41) is 3.64. The van der Waals surface area contributed by atoms with Gasteiger partial charge in [0.1, 0.15) is 5.71 Å². The van der Waals surface area contributed by atoms with E-state index in [1.165, 1.54) is 12.1 Å². The largest absolute Gasteiger partial charge is 0.276 e. The summed E-state index contributed by atoms with van der Waals surface area (Å²) in [4.78, 5) is 2.24. The number of benzene rings is 1. The molecule has 0 unspecified atom stereocenters. The van der Waals surface area contributed by atoms with Gasteiger partial charge >= 0.3 is 0 Å². The van der Waals surface area contributed by atoms with Crippen molar-refractivity contribution < 1.29 is 8.42 Å². The van der Waals surface area contributed by atoms with Gasteiger partial charge in [0.2, 0.25) is 0 Å². The average Bonchev–Trinajstić information content (AvgIpc) is 2.34. The van der Waals surface area contributed by atoms with Gasteiger partial charge in [0.25, 0.3) is 10.0 Å². The maximum absolute atomic E-state index is 11.8. The standard InChI is InChI=1S/C13H12N2O2S/c1-4-5-6-12(3)14-15-18(16,17)13-9-7-11(2)8-10-13/h1,7-10,15H,2-3H3/b14-12-. The smallest absolute Gasteiger partial charge is 0.200 e. The Labute approximate surface area is 107 Å². The molecule has 0 heterocycles. The molecule has 1 N–H and O–H groups in total. The van der Waals surface area contributed by atoms with Crippen molar-refractivity contribution in [1.82, 2.24) is 4.83 Å². The molecule has 0 bridgehead atoms. The average molecular weight is 260 g/mol. The van der Waals surface area contributed by atoms with Crippen LogP contribution in [0, 0.1) is 31.1 Å². The molecule has 0 aliphatic heterocycles. The molecule has 0 aromatic heterocycles. The highest BCUT2D eigenvalue weighted by Crippen LogP contribution is 2.09. The van der Waals surface area contributed by atoms with Crippen molar-refractivity contribution >= 4 is 15.7 Å². The third-order valence-electron chi connectivity index (χ3n) is 1.98. The molecule has 4 nitrogen and oxygen atoms in total. The van der Waals surface area contributed by atoms with E-state index in [1.807, 2.05) is 6.92 Å². The number of nitrogens with one attached hydrogen (secondary N) is 1. The molecular formula is C13H12N2O2S. The van der Waals surface area contributed by atoms with Crippen molar-refractivity contribution in [2.24, 2.45) is 5.10 Å². The first-order valence-electron chi connectivity index (χ1n) is 5.05. The Morgan fingerprint density at radius 2 is 1.94 bits per heavy atom. The van der Waals surface area contributed by atoms with Crippen molar-refractivity contribution in [3.8, 4) is 24.2 Å². The Hall–Kier alpha value is -2.24. The Morgan fingerprint density at radius 3 is 2.50 bits per heavy atom. The van der Waals surface area contributed by atoms with Crippen LogP contribution in [0.15, 0.2) is 34.3 Å². The summed E-state index contributed by atoms with van der Waals surface area (Å²) >= 11 is 0. The van der Waals surface area contributed by atoms with E-state index < -0.39 is 10.0 Å². The number of hydrazone groups is 1. The summed E-state index contributed by atoms with van der Waals surface area (Å²) < 4.78 is 23.6. The van der Waals surface area contributed by atoms with Crippen LogP contribution in [0.5, 0.6) is 0 Å². The lowest BCUT2D eigenvalue weighted by atomic mass is 10.2. The Kier molecular flexibility index (Phi) is 4.53. The molecule has 0 spiro atoms. The molecule has 18 heavy (non-hydrogen) atoms. The minimum absolute atomic E-state index is 0.148. The molecule has 0 saturated heterocycles. The normalized spacial score (nSPS) is 11.1. The number of aryl methyl sites for hydroxylation is 1. The molecule has 5 heteroatoms. The molecule has 0 amide bonds. The minimum atomic E-state index is -3.65. The maximum atomic E-state index is 11.8. The second kappa shape index (κ2) is 5.90. The van der Waals surface area contributed by atoms with Gasteiger partial charge in [-0.2, -0.15) is 18.4 Å². The monoisotopic (exact) mass is 260 g/mol. The van der Waals surface area contributed by atoms with E-state index in [2.05, 4.69) is 27.7 Å². The molecule has 0 aliphatic rings. The molecule has 92 valence electrons. The Balaban J connectivity index is 2.90. The molecule has 0 saturated carbocycles. The molecule has 0 fully saturated rings. The second-order valence-corrected chi connectivity index (χ2v) is 5.16. The summed E-state index contributed by atoms with van der Waals surface area (Å²) in [5.74, 6) is 6.96. The van der Waals surface area contributed by atoms with Gasteiger partial charge < -0.3 is 0 Å². The third-order valence-corrected chi connectivity index (χ3v) is 3.20. The van der Waals surface area contributed by atoms with Crippen LogP contribution < -0.4 is 4.83 Å². The first kappa shape index (κ1) is 13.8. The van der Waals surface area contributed by atoms with Gasteiger partial charge in [0.05, 0.1) is 4.90 Å². The van der Waals surface area contributed by atoms with E-state index in [0.29, 0.717) is 5.71 Å². The SMILES string of the molecule is C#CC#C/C(C)=N\NS(=O)(=O)c1ccc(C)cc1. The van der Waals surface area contributed by atoms with Crippen molar-refractivity contribution in [3.63, 3.8) is 0 Å². The van der Waals surface area contributed by atoms with Crippen LogP contribution in [0.25, 0.3) is 0 Å². The first-order valence-corrected chi connectivity index (χ1v) is 6.53. The summed E-state index contributed by atoms with van der Waals surface area (Å²) in [5.41, 5.74) is 1.28. The van der Waals surface area contributed by atoms with Crippen LogP contribution in [-0.4, -0.2) is 14.1 Å². The molecule has 1 aromatic carbocycles. The summed E-state index contributed by atoms with van der Waals surface area (Å²) in [6.45, 7) is 3.43. The van der Waals surface area contributed by atoms with E-state index in [4.69, 9.17) is 6.42 Å². The van der Waals surface area contributed by atoms with Crippen LogP contribution >= 0.6 is 0 Å². The van der Waals surface area contributed by atoms with E-state index in [9.17, 15) is 8.42 Å². The fourth-order valence-corrected chi connectivity index (χ4v) is 1.91. The highest BCUT2D eigenvalue weighted by Gasteiger charge is 2.11. The zero-order chi connectivity index (χ0) is 13.6. The van der Waals surface area contributed by atoms with Gasteiger partial charge in [0, 0.05) is 0 Å². The zero-order valence-electron chi connectivity index (χ0n) is 10.1. The van der Waals surface area contributed by atoms with Crippen LogP contribution in [0.4, 0.5) is 0 Å². The van der Waals surface area contributed by atoms with Crippen molar-refractivity contribution in [1.29, 1.82) is 0 Å². The molecular weight excluding hydrogens is 248 g/mol. The molecule has 0 aliphatic carbocycles. The Bertz CT molecular complexity index is 654. The lowest BCUT2D eigenvalue weighted by Gasteiger charge is -2.03. The van der Waals surface area contributed by atoms with Crippen molar-refractivity contribution in [2.45, 2.75) is 18.7 Å². The highest BCUT2D eigenvalue weighted by atomic mass is 32.2. The number of nitrogens with zero attached hydrogens (tertiary/aromatic N) is 1. The van der Waals surface area contributed by atoms with Gasteiger partial charge in [-0.05, 0) is 43.7 Å². The second-order valence-electron chi connectivity index (χ2n) is 3.50. The summed E-state index contributed by atoms with van der Waals surface area (Å²) in [6, 6.07) is 6.44. The maximum Gasteiger partial charge on any atom is 0.276 e. The van der Waals surface area contributed by atoms with Crippen LogP contribution in [-0.2, 0) is 10.0 Å². The van der Waals surface area contributed by atoms with Crippen LogP contribution in [0.3, 0.4) is 0 Å². The summed E-state index contributed by atoms with van der Waals surface area (Å²) in [6.07, 6.45) is 4.95. The van der Waals surface area contributed by atoms with Gasteiger partial charge in [-0.15, -0.1) is 6.42 Å². The molecule has 0 atom stereocenters. The predicted octanol–water partition coefficient (Wildman–Crippen LogP) is 1.29. The number of terminal acetylenes is 1. The zero-order valence-corrected chi connectivity index (χ0v) is 10.9. The quantitative estimate of drug-likeness (QED) is 0.506.